The lowest BCUT2D eigenvalue weighted by Gasteiger charge is -2.38. The van der Waals surface area contributed by atoms with E-state index in [4.69, 9.17) is 4.74 Å². The summed E-state index contributed by atoms with van der Waals surface area (Å²) in [5, 5.41) is 0. The molecule has 1 aromatic rings. The Morgan fingerprint density at radius 2 is 1.75 bits per heavy atom. The molecule has 4 rings (SSSR count). The van der Waals surface area contributed by atoms with E-state index < -0.39 is 10.0 Å². The standard InChI is InChI=1S/C17H23N3O3S/c21-24(22)13-10-20-7-1-2-16(17(20)18-24)14-3-5-15(6-4-14)19-8-11-23-12-9-19/h3-6,16H,1-2,7-13H2. The van der Waals surface area contributed by atoms with Gasteiger partial charge in [0.1, 0.15) is 5.84 Å². The highest BCUT2D eigenvalue weighted by atomic mass is 32.2. The van der Waals surface area contributed by atoms with Crippen LogP contribution in [-0.2, 0) is 14.8 Å². The summed E-state index contributed by atoms with van der Waals surface area (Å²) in [5.74, 6) is 0.971. The van der Waals surface area contributed by atoms with Crippen molar-refractivity contribution in [3.8, 4) is 0 Å². The molecule has 3 heterocycles. The van der Waals surface area contributed by atoms with E-state index in [0.717, 1.165) is 57.1 Å². The van der Waals surface area contributed by atoms with Crippen molar-refractivity contribution in [2.75, 3.05) is 50.0 Å². The molecule has 0 saturated carbocycles. The van der Waals surface area contributed by atoms with Gasteiger partial charge in [0.2, 0.25) is 0 Å². The molecule has 1 atom stereocenters. The van der Waals surface area contributed by atoms with E-state index in [1.807, 2.05) is 0 Å². The van der Waals surface area contributed by atoms with Gasteiger partial charge in [-0.05, 0) is 30.5 Å². The van der Waals surface area contributed by atoms with E-state index in [-0.39, 0.29) is 11.7 Å². The largest absolute Gasteiger partial charge is 0.378 e. The Kier molecular flexibility index (Phi) is 4.22. The highest BCUT2D eigenvalue weighted by Crippen LogP contribution is 2.32. The van der Waals surface area contributed by atoms with Crippen LogP contribution in [0.2, 0.25) is 0 Å². The minimum atomic E-state index is -3.30. The Morgan fingerprint density at radius 3 is 2.50 bits per heavy atom. The summed E-state index contributed by atoms with van der Waals surface area (Å²) in [6.07, 6.45) is 2.04. The maximum atomic E-state index is 11.9. The molecule has 0 aliphatic carbocycles. The van der Waals surface area contributed by atoms with Crippen molar-refractivity contribution in [3.05, 3.63) is 29.8 Å². The van der Waals surface area contributed by atoms with Crippen LogP contribution in [0.1, 0.15) is 24.3 Å². The molecule has 1 aromatic carbocycles. The number of amidine groups is 1. The molecule has 24 heavy (non-hydrogen) atoms. The Bertz CT molecular complexity index is 724. The van der Waals surface area contributed by atoms with Crippen molar-refractivity contribution in [2.24, 2.45) is 4.40 Å². The van der Waals surface area contributed by atoms with Crippen LogP contribution in [0.25, 0.3) is 0 Å². The minimum Gasteiger partial charge on any atom is -0.378 e. The molecule has 3 aliphatic heterocycles. The summed E-state index contributed by atoms with van der Waals surface area (Å²) in [6.45, 7) is 4.87. The van der Waals surface area contributed by atoms with E-state index >= 15 is 0 Å². The first kappa shape index (κ1) is 15.9. The molecule has 7 heteroatoms. The molecule has 1 unspecified atom stereocenters. The van der Waals surface area contributed by atoms with Crippen LogP contribution in [0.4, 0.5) is 5.69 Å². The highest BCUT2D eigenvalue weighted by molar-refractivity contribution is 7.90. The second-order valence-corrected chi connectivity index (χ2v) is 8.36. The average Bonchev–Trinajstić information content (AvgIpc) is 2.61. The van der Waals surface area contributed by atoms with E-state index in [9.17, 15) is 8.42 Å². The lowest BCUT2D eigenvalue weighted by molar-refractivity contribution is 0.122. The predicted octanol–water partition coefficient (Wildman–Crippen LogP) is 1.44. The van der Waals surface area contributed by atoms with Crippen molar-refractivity contribution in [2.45, 2.75) is 18.8 Å². The van der Waals surface area contributed by atoms with Gasteiger partial charge in [0.15, 0.2) is 0 Å². The maximum Gasteiger partial charge on any atom is 0.256 e. The monoisotopic (exact) mass is 349 g/mol. The molecule has 0 amide bonds. The smallest absolute Gasteiger partial charge is 0.256 e. The van der Waals surface area contributed by atoms with E-state index in [1.165, 1.54) is 5.69 Å². The third-order valence-electron chi connectivity index (χ3n) is 5.08. The molecule has 2 fully saturated rings. The van der Waals surface area contributed by atoms with Crippen LogP contribution in [-0.4, -0.2) is 64.3 Å². The molecular weight excluding hydrogens is 326 g/mol. The van der Waals surface area contributed by atoms with Crippen LogP contribution in [0.15, 0.2) is 28.7 Å². The quantitative estimate of drug-likeness (QED) is 0.809. The number of nitrogens with zero attached hydrogens (tertiary/aromatic N) is 3. The van der Waals surface area contributed by atoms with Crippen molar-refractivity contribution in [1.82, 2.24) is 4.90 Å². The van der Waals surface area contributed by atoms with Crippen molar-refractivity contribution in [1.29, 1.82) is 0 Å². The van der Waals surface area contributed by atoms with Gasteiger partial charge < -0.3 is 14.5 Å². The normalized spacial score (nSPS) is 26.7. The van der Waals surface area contributed by atoms with Gasteiger partial charge in [-0.2, -0.15) is 0 Å². The van der Waals surface area contributed by atoms with Crippen molar-refractivity contribution < 1.29 is 13.2 Å². The van der Waals surface area contributed by atoms with Crippen LogP contribution >= 0.6 is 0 Å². The summed E-state index contributed by atoms with van der Waals surface area (Å²) in [4.78, 5) is 4.47. The van der Waals surface area contributed by atoms with Gasteiger partial charge in [-0.3, -0.25) is 0 Å². The number of fused-ring (bicyclic) bond motifs is 1. The second-order valence-electron chi connectivity index (χ2n) is 6.61. The van der Waals surface area contributed by atoms with Gasteiger partial charge in [-0.1, -0.05) is 12.1 Å². The van der Waals surface area contributed by atoms with Gasteiger partial charge >= 0.3 is 0 Å². The summed E-state index contributed by atoms with van der Waals surface area (Å²) >= 11 is 0. The number of rotatable bonds is 2. The Labute approximate surface area is 143 Å². The van der Waals surface area contributed by atoms with E-state index in [1.54, 1.807) is 0 Å². The summed E-state index contributed by atoms with van der Waals surface area (Å²) in [6, 6.07) is 8.53. The van der Waals surface area contributed by atoms with Crippen LogP contribution < -0.4 is 4.90 Å². The first-order chi connectivity index (χ1) is 11.6. The van der Waals surface area contributed by atoms with Crippen LogP contribution in [0.5, 0.6) is 0 Å². The van der Waals surface area contributed by atoms with Gasteiger partial charge in [-0.25, -0.2) is 8.42 Å². The molecule has 130 valence electrons. The molecule has 0 spiro atoms. The zero-order valence-corrected chi connectivity index (χ0v) is 14.5. The molecule has 0 N–H and O–H groups in total. The molecule has 0 aromatic heterocycles. The van der Waals surface area contributed by atoms with Gasteiger partial charge in [-0.15, -0.1) is 4.40 Å². The van der Waals surface area contributed by atoms with Crippen LogP contribution in [0, 0.1) is 0 Å². The third-order valence-corrected chi connectivity index (χ3v) is 6.24. The summed E-state index contributed by atoms with van der Waals surface area (Å²) < 4.78 is 33.3. The number of morpholine rings is 1. The van der Waals surface area contributed by atoms with Crippen LogP contribution in [0.3, 0.4) is 0 Å². The second kappa shape index (κ2) is 6.37. The lowest BCUT2D eigenvalue weighted by Crippen LogP contribution is -2.46. The number of benzene rings is 1. The number of hydrogen-bond donors (Lipinski definition) is 0. The third kappa shape index (κ3) is 3.15. The molecule has 0 bridgehead atoms. The minimum absolute atomic E-state index is 0.0903. The lowest BCUT2D eigenvalue weighted by atomic mass is 9.89. The fourth-order valence-corrected chi connectivity index (χ4v) is 4.84. The Balaban J connectivity index is 1.59. The number of piperidine rings is 1. The molecule has 6 nitrogen and oxygen atoms in total. The Morgan fingerprint density at radius 1 is 1.00 bits per heavy atom. The number of ether oxygens (including phenoxy) is 1. The molecule has 3 aliphatic rings. The highest BCUT2D eigenvalue weighted by Gasteiger charge is 2.33. The van der Waals surface area contributed by atoms with E-state index in [0.29, 0.717) is 6.54 Å². The fourth-order valence-electron chi connectivity index (χ4n) is 3.77. The topological polar surface area (TPSA) is 62.2 Å². The SMILES string of the molecule is O=S1(=O)CCN2CCCC(c3ccc(N4CCOCC4)cc3)C2=N1. The van der Waals surface area contributed by atoms with E-state index in [2.05, 4.69) is 38.5 Å². The van der Waals surface area contributed by atoms with Gasteiger partial charge in [0, 0.05) is 37.8 Å². The zero-order chi connectivity index (χ0) is 16.6. The van der Waals surface area contributed by atoms with Crippen molar-refractivity contribution in [3.63, 3.8) is 0 Å². The Hall–Kier alpha value is -1.60. The maximum absolute atomic E-state index is 11.9. The average molecular weight is 349 g/mol. The molecular formula is C17H23N3O3S. The van der Waals surface area contributed by atoms with Gasteiger partial charge in [0.25, 0.3) is 10.0 Å². The van der Waals surface area contributed by atoms with Gasteiger partial charge in [0.05, 0.1) is 19.0 Å². The number of sulfonamides is 1. The molecule has 2 saturated heterocycles. The number of hydrogen-bond acceptors (Lipinski definition) is 5. The van der Waals surface area contributed by atoms with Crippen molar-refractivity contribution >= 4 is 21.5 Å². The molecule has 0 radical (unpaired) electrons. The summed E-state index contributed by atoms with van der Waals surface area (Å²) in [5.41, 5.74) is 2.36. The zero-order valence-electron chi connectivity index (χ0n) is 13.7. The first-order valence-corrected chi connectivity index (χ1v) is 10.2. The summed E-state index contributed by atoms with van der Waals surface area (Å²) in [7, 11) is -3.30. The number of anilines is 1. The predicted molar refractivity (Wildman–Crippen MR) is 94.2 cm³/mol. The first-order valence-electron chi connectivity index (χ1n) is 8.62. The fraction of sp³-hybridized carbons (Fsp3) is 0.588.